The molecule has 0 amide bonds. The van der Waals surface area contributed by atoms with E-state index in [1.165, 1.54) is 64.2 Å². The first kappa shape index (κ1) is 85.6. The highest BCUT2D eigenvalue weighted by atomic mass is 31.2. The molecule has 0 fully saturated rings. The molecule has 0 saturated heterocycles. The Morgan fingerprint density at radius 3 is 0.846 bits per heavy atom. The fourth-order valence-corrected chi connectivity index (χ4v) is 9.76. The average Bonchev–Trinajstić information content (AvgIpc) is 3.74. The second kappa shape index (κ2) is 73.6. The zero-order chi connectivity index (χ0) is 65.8. The number of allylic oxidation sites excluding steroid dienone is 34. The van der Waals surface area contributed by atoms with Crippen molar-refractivity contribution >= 4 is 19.8 Å². The Bertz CT molecular complexity index is 2250. The monoisotopic (exact) mass is 1270 g/mol. The lowest BCUT2D eigenvalue weighted by atomic mass is 10.0. The van der Waals surface area contributed by atoms with Gasteiger partial charge in [-0.3, -0.25) is 18.6 Å². The number of carbonyl (C=O) groups excluding carboxylic acids is 2. The van der Waals surface area contributed by atoms with Gasteiger partial charge in [0.05, 0.1) is 13.2 Å². The molecule has 0 bridgehead atoms. The molecule has 9 nitrogen and oxygen atoms in total. The van der Waals surface area contributed by atoms with Crippen molar-refractivity contribution in [3.63, 3.8) is 0 Å². The Labute approximate surface area is 557 Å². The van der Waals surface area contributed by atoms with E-state index >= 15 is 0 Å². The first-order chi connectivity index (χ1) is 44.8. The highest BCUT2D eigenvalue weighted by Gasteiger charge is 2.26. The Morgan fingerprint density at radius 1 is 0.330 bits per heavy atom. The zero-order valence-electron chi connectivity index (χ0n) is 57.2. The maximum atomic E-state index is 12.8. The van der Waals surface area contributed by atoms with Gasteiger partial charge in [0.1, 0.15) is 6.61 Å². The van der Waals surface area contributed by atoms with Gasteiger partial charge in [0.15, 0.2) is 6.10 Å². The molecule has 0 aliphatic carbocycles. The van der Waals surface area contributed by atoms with Crippen LogP contribution in [0.5, 0.6) is 0 Å². The SMILES string of the molecule is CC/C=C\C/C=C\C/C=C\C/C=C\C/C=C\C/C=C\C/C=C\C/C=C\C/C=C\CCCCCCCCCCCCCCCC(=O)OC(COC(=O)CCCCCC/C=C\C/C=C\C/C=C\C/C=C\C/C=C\C/C=C\C/C=C\C/C=C\CC)COP(=O)(O)OCCN. The van der Waals surface area contributed by atoms with Crippen molar-refractivity contribution in [1.82, 2.24) is 0 Å². The summed E-state index contributed by atoms with van der Waals surface area (Å²) < 4.78 is 33.1. The van der Waals surface area contributed by atoms with Gasteiger partial charge in [-0.15, -0.1) is 0 Å². The standard InChI is InChI=1S/C81H128NO8P/c1-3-5-7-9-11-13-15-17-19-21-23-25-27-29-31-33-34-35-36-37-38-39-40-41-42-43-44-46-48-50-52-54-56-58-60-62-64-66-68-70-72-74-81(84)90-79(78-89-91(85,86)88-76-75-82)77-87-80(83)73-71-69-67-65-63-61-59-57-55-53-51-49-47-45-32-30-28-26-24-22-20-18-16-14-12-10-8-6-4-2/h5-8,11-14,17-20,23-26,29-32,34-35,37-38,40-41,43-44,47,49,53,55,59,61,79H,3-4,9-10,15-16,21-22,27-28,33,36,39,42,45-46,48,50-52,54,56-58,60,62-78,82H2,1-2H3,(H,85,86)/b7-5-,8-6-,13-11-,14-12-,19-17-,20-18-,25-23-,26-24-,31-29-,32-30-,35-34-,38-37-,41-40-,44-43-,49-47-,55-53-,61-59-. The number of rotatable bonds is 64. The van der Waals surface area contributed by atoms with E-state index in [1.807, 2.05) is 0 Å². The Hall–Kier alpha value is -5.41. The summed E-state index contributed by atoms with van der Waals surface area (Å²) in [6.45, 7) is 3.47. The van der Waals surface area contributed by atoms with Crippen LogP contribution < -0.4 is 5.73 Å². The van der Waals surface area contributed by atoms with Crippen LogP contribution in [0, 0.1) is 0 Å². The summed E-state index contributed by atoms with van der Waals surface area (Å²) >= 11 is 0. The van der Waals surface area contributed by atoms with Gasteiger partial charge >= 0.3 is 19.8 Å². The number of hydrogen-bond donors (Lipinski definition) is 2. The summed E-state index contributed by atoms with van der Waals surface area (Å²) in [6.07, 6.45) is 113. The van der Waals surface area contributed by atoms with Gasteiger partial charge < -0.3 is 20.1 Å². The smallest absolute Gasteiger partial charge is 0.462 e. The van der Waals surface area contributed by atoms with E-state index < -0.39 is 32.5 Å². The molecule has 0 rings (SSSR count). The molecule has 0 radical (unpaired) electrons. The van der Waals surface area contributed by atoms with Crippen molar-refractivity contribution in [2.45, 2.75) is 264 Å². The van der Waals surface area contributed by atoms with E-state index in [2.05, 4.69) is 220 Å². The third-order valence-electron chi connectivity index (χ3n) is 14.2. The van der Waals surface area contributed by atoms with Crippen molar-refractivity contribution < 1.29 is 37.6 Å². The van der Waals surface area contributed by atoms with Crippen LogP contribution in [0.25, 0.3) is 0 Å². The molecule has 2 unspecified atom stereocenters. The summed E-state index contributed by atoms with van der Waals surface area (Å²) in [5.41, 5.74) is 5.40. The minimum absolute atomic E-state index is 0.0392. The highest BCUT2D eigenvalue weighted by Crippen LogP contribution is 2.43. The molecule has 91 heavy (non-hydrogen) atoms. The molecule has 10 heteroatoms. The number of carbonyl (C=O) groups is 2. The van der Waals surface area contributed by atoms with Gasteiger partial charge in [0, 0.05) is 19.4 Å². The van der Waals surface area contributed by atoms with E-state index in [4.69, 9.17) is 24.3 Å². The van der Waals surface area contributed by atoms with Crippen molar-refractivity contribution in [2.75, 3.05) is 26.4 Å². The fraction of sp³-hybridized carbons (Fsp3) is 0.556. The molecule has 0 spiro atoms. The maximum Gasteiger partial charge on any atom is 0.472 e. The third-order valence-corrected chi connectivity index (χ3v) is 15.1. The Kier molecular flexibility index (Phi) is 69.3. The molecule has 3 N–H and O–H groups in total. The van der Waals surface area contributed by atoms with Crippen LogP contribution >= 0.6 is 7.82 Å². The van der Waals surface area contributed by atoms with E-state index in [0.29, 0.717) is 12.8 Å². The predicted molar refractivity (Wildman–Crippen MR) is 394 cm³/mol. The van der Waals surface area contributed by atoms with Gasteiger partial charge in [-0.05, 0) is 148 Å². The van der Waals surface area contributed by atoms with Crippen LogP contribution in [0.15, 0.2) is 207 Å². The van der Waals surface area contributed by atoms with Gasteiger partial charge in [-0.25, -0.2) is 4.57 Å². The summed E-state index contributed by atoms with van der Waals surface area (Å²) in [5.74, 6) is -0.870. The van der Waals surface area contributed by atoms with Crippen LogP contribution in [0.1, 0.15) is 258 Å². The summed E-state index contributed by atoms with van der Waals surface area (Å²) in [7, 11) is -4.42. The normalized spacial score (nSPS) is 14.2. The van der Waals surface area contributed by atoms with Gasteiger partial charge in [0.25, 0.3) is 0 Å². The van der Waals surface area contributed by atoms with Gasteiger partial charge in [0.2, 0.25) is 0 Å². The van der Waals surface area contributed by atoms with E-state index in [1.54, 1.807) is 0 Å². The van der Waals surface area contributed by atoms with Crippen LogP contribution in [-0.4, -0.2) is 49.3 Å². The summed E-state index contributed by atoms with van der Waals surface area (Å²) in [5, 5.41) is 0. The van der Waals surface area contributed by atoms with E-state index in [0.717, 1.165) is 154 Å². The van der Waals surface area contributed by atoms with Crippen LogP contribution in [0.3, 0.4) is 0 Å². The first-order valence-electron chi connectivity index (χ1n) is 35.6. The number of ether oxygens (including phenoxy) is 2. The molecule has 2 atom stereocenters. The zero-order valence-corrected chi connectivity index (χ0v) is 58.1. The molecule has 0 aromatic carbocycles. The summed E-state index contributed by atoms with van der Waals surface area (Å²) in [4.78, 5) is 35.4. The van der Waals surface area contributed by atoms with Gasteiger partial charge in [-0.2, -0.15) is 0 Å². The number of phosphoric ester groups is 1. The van der Waals surface area contributed by atoms with Crippen LogP contribution in [0.4, 0.5) is 0 Å². The molecular weight excluding hydrogens is 1150 g/mol. The molecule has 0 aromatic heterocycles. The lowest BCUT2D eigenvalue weighted by Gasteiger charge is -2.19. The minimum atomic E-state index is -4.42. The first-order valence-corrected chi connectivity index (χ1v) is 37.1. The molecule has 0 aliphatic rings. The number of nitrogens with two attached hydrogens (primary N) is 1. The molecule has 0 heterocycles. The van der Waals surface area contributed by atoms with E-state index in [9.17, 15) is 19.0 Å². The highest BCUT2D eigenvalue weighted by molar-refractivity contribution is 7.47. The Morgan fingerprint density at radius 2 is 0.571 bits per heavy atom. The maximum absolute atomic E-state index is 12.8. The molecule has 0 aliphatic heterocycles. The largest absolute Gasteiger partial charge is 0.472 e. The van der Waals surface area contributed by atoms with Gasteiger partial charge in [-0.1, -0.05) is 304 Å². The molecule has 0 aromatic rings. The Balaban J connectivity index is 4.00. The average molecular weight is 1270 g/mol. The topological polar surface area (TPSA) is 134 Å². The van der Waals surface area contributed by atoms with Crippen molar-refractivity contribution in [2.24, 2.45) is 5.73 Å². The lowest BCUT2D eigenvalue weighted by molar-refractivity contribution is -0.161. The quantitative estimate of drug-likeness (QED) is 0.0264. The summed E-state index contributed by atoms with van der Waals surface area (Å²) in [6, 6.07) is 0. The van der Waals surface area contributed by atoms with Crippen molar-refractivity contribution in [3.05, 3.63) is 207 Å². The number of unbranched alkanes of at least 4 members (excludes halogenated alkanes) is 17. The number of esters is 2. The third kappa shape index (κ3) is 73.5. The van der Waals surface area contributed by atoms with Crippen LogP contribution in [0.2, 0.25) is 0 Å². The second-order valence-electron chi connectivity index (χ2n) is 22.6. The molecule has 0 saturated carbocycles. The fourth-order valence-electron chi connectivity index (χ4n) is 9.00. The lowest BCUT2D eigenvalue weighted by Crippen LogP contribution is -2.29. The van der Waals surface area contributed by atoms with Crippen molar-refractivity contribution in [1.29, 1.82) is 0 Å². The van der Waals surface area contributed by atoms with E-state index in [-0.39, 0.29) is 32.6 Å². The van der Waals surface area contributed by atoms with Crippen LogP contribution in [-0.2, 0) is 32.7 Å². The molecular formula is C81H128NO8P. The number of phosphoric acid groups is 1. The predicted octanol–water partition coefficient (Wildman–Crippen LogP) is 23.9. The number of hydrogen-bond acceptors (Lipinski definition) is 8. The minimum Gasteiger partial charge on any atom is -0.462 e. The molecule has 510 valence electrons. The van der Waals surface area contributed by atoms with Crippen molar-refractivity contribution in [3.8, 4) is 0 Å². The second-order valence-corrected chi connectivity index (χ2v) is 24.1.